The van der Waals surface area contributed by atoms with Crippen molar-refractivity contribution < 1.29 is 27.4 Å². The van der Waals surface area contributed by atoms with Gasteiger partial charge in [0.05, 0.1) is 44.0 Å². The van der Waals surface area contributed by atoms with Gasteiger partial charge in [0.15, 0.2) is 0 Å². The molecule has 0 spiro atoms. The Morgan fingerprint density at radius 1 is 1.16 bits per heavy atom. The summed E-state index contributed by atoms with van der Waals surface area (Å²) in [4.78, 5) is 19.5. The molecule has 10 heteroatoms. The monoisotopic (exact) mass is 527 g/mol. The van der Waals surface area contributed by atoms with Crippen LogP contribution in [-0.2, 0) is 38.2 Å². The lowest BCUT2D eigenvalue weighted by atomic mass is 10.1. The van der Waals surface area contributed by atoms with E-state index in [4.69, 9.17) is 14.2 Å². The Morgan fingerprint density at radius 2 is 1.97 bits per heavy atom. The summed E-state index contributed by atoms with van der Waals surface area (Å²) in [6.07, 6.45) is 3.31. The van der Waals surface area contributed by atoms with Gasteiger partial charge in [-0.15, -0.1) is 0 Å². The van der Waals surface area contributed by atoms with E-state index in [0.717, 1.165) is 12.8 Å². The van der Waals surface area contributed by atoms with Crippen LogP contribution in [-0.4, -0.2) is 68.9 Å². The third kappa shape index (κ3) is 6.76. The van der Waals surface area contributed by atoms with E-state index in [1.165, 1.54) is 13.3 Å². The normalized spacial score (nSPS) is 15.6. The van der Waals surface area contributed by atoms with Crippen molar-refractivity contribution in [3.8, 4) is 5.75 Å². The fraction of sp³-hybridized carbons (Fsp3) is 0.407. The van der Waals surface area contributed by atoms with Crippen LogP contribution in [0.2, 0.25) is 0 Å². The number of nitrogens with zero attached hydrogens (tertiary/aromatic N) is 3. The highest BCUT2D eigenvalue weighted by molar-refractivity contribution is 7.90. The maximum absolute atomic E-state index is 13.5. The van der Waals surface area contributed by atoms with E-state index in [9.17, 15) is 13.2 Å². The van der Waals surface area contributed by atoms with Crippen LogP contribution in [0.25, 0.3) is 0 Å². The molecule has 4 rings (SSSR count). The Labute approximate surface area is 217 Å². The van der Waals surface area contributed by atoms with Gasteiger partial charge in [-0.25, -0.2) is 13.4 Å². The van der Waals surface area contributed by atoms with Crippen molar-refractivity contribution in [2.75, 3.05) is 34.0 Å². The van der Waals surface area contributed by atoms with Crippen molar-refractivity contribution in [1.29, 1.82) is 0 Å². The van der Waals surface area contributed by atoms with Gasteiger partial charge in [0, 0.05) is 32.4 Å². The molecule has 1 saturated heterocycles. The van der Waals surface area contributed by atoms with Crippen LogP contribution in [0.1, 0.15) is 34.5 Å². The number of amides is 1. The van der Waals surface area contributed by atoms with Gasteiger partial charge in [-0.1, -0.05) is 30.3 Å². The largest absolute Gasteiger partial charge is 0.497 e. The number of rotatable bonds is 12. The summed E-state index contributed by atoms with van der Waals surface area (Å²) in [5.74, 6) is 0.215. The zero-order chi connectivity index (χ0) is 26.3. The molecule has 1 unspecified atom stereocenters. The predicted molar refractivity (Wildman–Crippen MR) is 138 cm³/mol. The Balaban J connectivity index is 1.64. The van der Waals surface area contributed by atoms with Crippen LogP contribution in [0.3, 0.4) is 0 Å². The zero-order valence-corrected chi connectivity index (χ0v) is 22.0. The summed E-state index contributed by atoms with van der Waals surface area (Å²) in [6, 6.07) is 16.0. The zero-order valence-electron chi connectivity index (χ0n) is 21.2. The van der Waals surface area contributed by atoms with E-state index in [2.05, 4.69) is 4.98 Å². The number of ether oxygens (including phenoxy) is 3. The number of carbonyl (C=O) groups is 1. The molecule has 9 nitrogen and oxygen atoms in total. The molecule has 1 atom stereocenters. The molecular weight excluding hydrogens is 494 g/mol. The van der Waals surface area contributed by atoms with Crippen molar-refractivity contribution in [1.82, 2.24) is 14.5 Å². The first-order chi connectivity index (χ1) is 17.9. The molecule has 0 radical (unpaired) electrons. The molecule has 1 aliphatic rings. The van der Waals surface area contributed by atoms with Crippen LogP contribution in [0, 0.1) is 0 Å². The molecule has 2 heterocycles. The Morgan fingerprint density at radius 3 is 2.68 bits per heavy atom. The quantitative estimate of drug-likeness (QED) is 0.356. The lowest BCUT2D eigenvalue weighted by Gasteiger charge is -2.26. The molecule has 1 fully saturated rings. The van der Waals surface area contributed by atoms with Gasteiger partial charge in [-0.3, -0.25) is 4.79 Å². The molecule has 1 aromatic heterocycles. The summed E-state index contributed by atoms with van der Waals surface area (Å²) in [5, 5.41) is -0.0494. The molecule has 198 valence electrons. The molecule has 0 aliphatic carbocycles. The minimum atomic E-state index is -3.80. The summed E-state index contributed by atoms with van der Waals surface area (Å²) in [6.45, 7) is 1.86. The number of hydrogen-bond donors (Lipinski definition) is 0. The van der Waals surface area contributed by atoms with Gasteiger partial charge in [-0.2, -0.15) is 0 Å². The maximum Gasteiger partial charge on any atom is 0.254 e. The summed E-state index contributed by atoms with van der Waals surface area (Å²) in [5.41, 5.74) is 1.78. The molecule has 2 aromatic carbocycles. The van der Waals surface area contributed by atoms with Gasteiger partial charge in [0.2, 0.25) is 15.0 Å². The first-order valence-electron chi connectivity index (χ1n) is 12.3. The number of hydrogen-bond acceptors (Lipinski definition) is 7. The van der Waals surface area contributed by atoms with Gasteiger partial charge in [0.25, 0.3) is 5.91 Å². The highest BCUT2D eigenvalue weighted by Gasteiger charge is 2.28. The second-order valence-corrected chi connectivity index (χ2v) is 10.9. The first kappa shape index (κ1) is 26.8. The van der Waals surface area contributed by atoms with E-state index in [-0.39, 0.29) is 36.0 Å². The average molecular weight is 528 g/mol. The molecule has 0 N–H and O–H groups in total. The Hall–Kier alpha value is -3.21. The third-order valence-electron chi connectivity index (χ3n) is 6.30. The molecule has 1 aliphatic heterocycles. The molecule has 37 heavy (non-hydrogen) atoms. The van der Waals surface area contributed by atoms with E-state index in [1.54, 1.807) is 53.0 Å². The summed E-state index contributed by atoms with van der Waals surface area (Å²) < 4.78 is 44.8. The molecular formula is C27H33N3O6S. The summed E-state index contributed by atoms with van der Waals surface area (Å²) >= 11 is 0. The average Bonchev–Trinajstić information content (AvgIpc) is 3.57. The number of methoxy groups -OCH3 is 2. The summed E-state index contributed by atoms with van der Waals surface area (Å²) in [7, 11) is -0.699. The Kier molecular flexibility index (Phi) is 8.96. The van der Waals surface area contributed by atoms with Crippen LogP contribution in [0.4, 0.5) is 0 Å². The number of benzene rings is 2. The van der Waals surface area contributed by atoms with Gasteiger partial charge < -0.3 is 23.7 Å². The highest BCUT2D eigenvalue weighted by atomic mass is 32.2. The second kappa shape index (κ2) is 12.4. The van der Waals surface area contributed by atoms with E-state index in [1.807, 2.05) is 18.2 Å². The molecule has 0 bridgehead atoms. The topological polar surface area (TPSA) is 100.0 Å². The molecule has 1 amide bonds. The smallest absolute Gasteiger partial charge is 0.254 e. The van der Waals surface area contributed by atoms with Gasteiger partial charge in [-0.05, 0) is 42.7 Å². The van der Waals surface area contributed by atoms with Crippen LogP contribution < -0.4 is 4.74 Å². The predicted octanol–water partition coefficient (Wildman–Crippen LogP) is 3.33. The van der Waals surface area contributed by atoms with E-state index in [0.29, 0.717) is 42.3 Å². The number of carbonyl (C=O) groups excluding carboxylic acids is 1. The molecule has 0 saturated carbocycles. The van der Waals surface area contributed by atoms with Crippen LogP contribution in [0.5, 0.6) is 5.75 Å². The second-order valence-electron chi connectivity index (χ2n) is 8.97. The fourth-order valence-corrected chi connectivity index (χ4v) is 5.95. The van der Waals surface area contributed by atoms with Crippen molar-refractivity contribution in [3.63, 3.8) is 0 Å². The number of aromatic nitrogens is 2. The minimum Gasteiger partial charge on any atom is -0.497 e. The van der Waals surface area contributed by atoms with Crippen molar-refractivity contribution in [2.24, 2.45) is 0 Å². The van der Waals surface area contributed by atoms with Crippen LogP contribution >= 0.6 is 0 Å². The van der Waals surface area contributed by atoms with Crippen molar-refractivity contribution >= 4 is 15.7 Å². The van der Waals surface area contributed by atoms with Crippen molar-refractivity contribution in [2.45, 2.75) is 42.9 Å². The first-order valence-corrected chi connectivity index (χ1v) is 13.9. The third-order valence-corrected chi connectivity index (χ3v) is 7.89. The standard InChI is InChI=1S/C27H33N3O6S/c1-34-15-13-30-23(17-28-27(30)37(32,33)20-21-8-6-11-24(16-21)35-2)18-29(19-25-12-7-14-36-25)26(31)22-9-4-3-5-10-22/h3-6,8-11,16-17,25H,7,12-15,18-20H2,1-2H3. The lowest BCUT2D eigenvalue weighted by Crippen LogP contribution is -2.37. The van der Waals surface area contributed by atoms with Gasteiger partial charge >= 0.3 is 0 Å². The number of imidazole rings is 1. The van der Waals surface area contributed by atoms with Crippen LogP contribution in [0.15, 0.2) is 66.0 Å². The lowest BCUT2D eigenvalue weighted by molar-refractivity contribution is 0.0500. The minimum absolute atomic E-state index is 0.0494. The highest BCUT2D eigenvalue weighted by Crippen LogP contribution is 2.23. The fourth-order valence-electron chi connectivity index (χ4n) is 4.45. The maximum atomic E-state index is 13.5. The Bertz CT molecular complexity index is 1290. The van der Waals surface area contributed by atoms with Crippen molar-refractivity contribution in [3.05, 3.63) is 77.6 Å². The number of sulfone groups is 1. The van der Waals surface area contributed by atoms with E-state index >= 15 is 0 Å². The van der Waals surface area contributed by atoms with Gasteiger partial charge in [0.1, 0.15) is 5.75 Å². The van der Waals surface area contributed by atoms with E-state index < -0.39 is 9.84 Å². The SMILES string of the molecule is COCCn1c(CN(CC2CCCO2)C(=O)c2ccccc2)cnc1S(=O)(=O)Cc1cccc(OC)c1. The molecule has 3 aromatic rings.